The van der Waals surface area contributed by atoms with Crippen molar-refractivity contribution >= 4 is 6.34 Å². The van der Waals surface area contributed by atoms with E-state index in [4.69, 9.17) is 5.41 Å². The number of hydrazine groups is 1. The topological polar surface area (TPSA) is 50.6 Å². The molecule has 0 saturated heterocycles. The molecule has 74 valence electrons. The van der Waals surface area contributed by atoms with Gasteiger partial charge >= 0.3 is 0 Å². The van der Waals surface area contributed by atoms with Crippen molar-refractivity contribution in [3.63, 3.8) is 0 Å². The van der Waals surface area contributed by atoms with Gasteiger partial charge in [0.15, 0.2) is 0 Å². The first-order chi connectivity index (χ1) is 6.81. The van der Waals surface area contributed by atoms with Gasteiger partial charge in [-0.1, -0.05) is 24.3 Å². The molecule has 14 heavy (non-hydrogen) atoms. The molecule has 2 rings (SSSR count). The highest BCUT2D eigenvalue weighted by molar-refractivity contribution is 5.47. The monoisotopic (exact) mass is 191 g/mol. The van der Waals surface area contributed by atoms with Gasteiger partial charge in [0.2, 0.25) is 0 Å². The Kier molecular flexibility index (Phi) is 2.47. The zero-order chi connectivity index (χ0) is 9.97. The first-order valence-electron chi connectivity index (χ1n) is 4.61. The average molecular weight is 191 g/mol. The lowest BCUT2D eigenvalue weighted by molar-refractivity contribution is -0.187. The van der Waals surface area contributed by atoms with Crippen LogP contribution in [-0.4, -0.2) is 28.3 Å². The van der Waals surface area contributed by atoms with Crippen LogP contribution in [0.5, 0.6) is 0 Å². The number of hydrogen-bond acceptors (Lipinski definition) is 3. The third-order valence-electron chi connectivity index (χ3n) is 2.52. The van der Waals surface area contributed by atoms with E-state index in [0.29, 0.717) is 6.54 Å². The van der Waals surface area contributed by atoms with Gasteiger partial charge in [-0.3, -0.25) is 10.6 Å². The van der Waals surface area contributed by atoms with Gasteiger partial charge in [-0.2, -0.15) is 10.2 Å². The summed E-state index contributed by atoms with van der Waals surface area (Å²) in [5, 5.41) is 18.8. The van der Waals surface area contributed by atoms with E-state index in [1.807, 2.05) is 12.1 Å². The number of nitrogens with one attached hydrogen (secondary N) is 1. The smallest absolute Gasteiger partial charge is 0.126 e. The summed E-state index contributed by atoms with van der Waals surface area (Å²) < 4.78 is 0. The number of fused-ring (bicyclic) bond motifs is 1. The molecule has 0 amide bonds. The molecule has 4 nitrogen and oxygen atoms in total. The summed E-state index contributed by atoms with van der Waals surface area (Å²) in [6.45, 7) is 1.42. The molecule has 4 heteroatoms. The number of benzene rings is 1. The highest BCUT2D eigenvalue weighted by Crippen LogP contribution is 2.18. The van der Waals surface area contributed by atoms with Crippen molar-refractivity contribution in [3.05, 3.63) is 35.4 Å². The summed E-state index contributed by atoms with van der Waals surface area (Å²) in [5.74, 6) is 0. The van der Waals surface area contributed by atoms with Gasteiger partial charge in [-0.15, -0.1) is 0 Å². The first-order valence-corrected chi connectivity index (χ1v) is 4.61. The lowest BCUT2D eigenvalue weighted by atomic mass is 10.0. The van der Waals surface area contributed by atoms with E-state index in [0.717, 1.165) is 24.5 Å². The van der Waals surface area contributed by atoms with Crippen LogP contribution in [0.25, 0.3) is 0 Å². The highest BCUT2D eigenvalue weighted by Gasteiger charge is 2.18. The van der Waals surface area contributed by atoms with Crippen LogP contribution in [0.4, 0.5) is 0 Å². The third kappa shape index (κ3) is 1.62. The third-order valence-corrected chi connectivity index (χ3v) is 2.52. The zero-order valence-electron chi connectivity index (χ0n) is 7.85. The molecule has 1 aromatic carbocycles. The molecule has 0 fully saturated rings. The molecule has 1 aromatic rings. The molecule has 2 N–H and O–H groups in total. The maximum Gasteiger partial charge on any atom is 0.126 e. The van der Waals surface area contributed by atoms with Gasteiger partial charge in [0, 0.05) is 13.1 Å². The summed E-state index contributed by atoms with van der Waals surface area (Å²) in [5.41, 5.74) is 2.56. The van der Waals surface area contributed by atoms with Gasteiger partial charge in [0.05, 0.1) is 0 Å². The predicted octanol–water partition coefficient (Wildman–Crippen LogP) is 1.26. The molecule has 0 atom stereocenters. The molecule has 0 unspecified atom stereocenters. The second-order valence-corrected chi connectivity index (χ2v) is 3.36. The Morgan fingerprint density at radius 3 is 2.79 bits per heavy atom. The molecule has 0 spiro atoms. The Hall–Kier alpha value is -1.39. The number of hydrogen-bond donors (Lipinski definition) is 2. The van der Waals surface area contributed by atoms with Crippen LogP contribution in [0.15, 0.2) is 24.3 Å². The van der Waals surface area contributed by atoms with Crippen LogP contribution in [-0.2, 0) is 13.0 Å². The fourth-order valence-electron chi connectivity index (χ4n) is 1.74. The van der Waals surface area contributed by atoms with Crippen molar-refractivity contribution in [3.8, 4) is 0 Å². The Bertz CT molecular complexity index is 340. The Morgan fingerprint density at radius 1 is 1.36 bits per heavy atom. The minimum absolute atomic E-state index is 0.669. The molecular weight excluding hydrogens is 178 g/mol. The Balaban J connectivity index is 2.17. The number of hydroxylamine groups is 1. The van der Waals surface area contributed by atoms with E-state index in [2.05, 4.69) is 12.1 Å². The standard InChI is InChI=1S/C10H13N3O/c11-8-13(14)12-6-5-9-3-1-2-4-10(9)7-12/h1-4,8,11,14H,5-7H2. The van der Waals surface area contributed by atoms with Crippen LogP contribution >= 0.6 is 0 Å². The van der Waals surface area contributed by atoms with E-state index >= 15 is 0 Å². The van der Waals surface area contributed by atoms with Crippen molar-refractivity contribution < 1.29 is 5.21 Å². The molecule has 1 aliphatic rings. The van der Waals surface area contributed by atoms with Crippen molar-refractivity contribution in [2.75, 3.05) is 6.54 Å². The molecule has 0 aliphatic carbocycles. The second-order valence-electron chi connectivity index (χ2n) is 3.36. The Labute approximate surface area is 82.8 Å². The summed E-state index contributed by atoms with van der Waals surface area (Å²) in [4.78, 5) is 0. The lowest BCUT2D eigenvalue weighted by Gasteiger charge is -2.32. The van der Waals surface area contributed by atoms with Gasteiger partial charge in [0.1, 0.15) is 6.34 Å². The summed E-state index contributed by atoms with van der Waals surface area (Å²) in [7, 11) is 0. The summed E-state index contributed by atoms with van der Waals surface area (Å²) in [6, 6.07) is 8.19. The SMILES string of the molecule is N=CN(O)N1CCc2ccccc2C1. The molecule has 0 radical (unpaired) electrons. The van der Waals surface area contributed by atoms with Crippen molar-refractivity contribution in [2.45, 2.75) is 13.0 Å². The quantitative estimate of drug-likeness (QED) is 0.420. The molecule has 0 aromatic heterocycles. The molecule has 1 aliphatic heterocycles. The zero-order valence-corrected chi connectivity index (χ0v) is 7.85. The average Bonchev–Trinajstić information content (AvgIpc) is 2.27. The van der Waals surface area contributed by atoms with E-state index in [1.54, 1.807) is 5.01 Å². The van der Waals surface area contributed by atoms with Gasteiger partial charge in [0.25, 0.3) is 0 Å². The molecule has 0 bridgehead atoms. The highest BCUT2D eigenvalue weighted by atomic mass is 16.5. The minimum Gasteiger partial charge on any atom is -0.288 e. The van der Waals surface area contributed by atoms with Crippen LogP contribution in [0, 0.1) is 5.41 Å². The normalized spacial score (nSPS) is 16.1. The van der Waals surface area contributed by atoms with E-state index in [1.165, 1.54) is 11.1 Å². The van der Waals surface area contributed by atoms with Crippen LogP contribution in [0.2, 0.25) is 0 Å². The van der Waals surface area contributed by atoms with E-state index in [-0.39, 0.29) is 0 Å². The van der Waals surface area contributed by atoms with Crippen LogP contribution in [0.3, 0.4) is 0 Å². The van der Waals surface area contributed by atoms with Crippen LogP contribution < -0.4 is 0 Å². The maximum atomic E-state index is 9.32. The predicted molar refractivity (Wildman–Crippen MR) is 53.0 cm³/mol. The van der Waals surface area contributed by atoms with Crippen LogP contribution in [0.1, 0.15) is 11.1 Å². The summed E-state index contributed by atoms with van der Waals surface area (Å²) in [6.07, 6.45) is 1.83. The number of nitrogens with zero attached hydrogens (tertiary/aromatic N) is 2. The lowest BCUT2D eigenvalue weighted by Crippen LogP contribution is -2.42. The van der Waals surface area contributed by atoms with Gasteiger partial charge in [-0.25, -0.2) is 0 Å². The van der Waals surface area contributed by atoms with E-state index in [9.17, 15) is 5.21 Å². The fraction of sp³-hybridized carbons (Fsp3) is 0.300. The van der Waals surface area contributed by atoms with Crippen molar-refractivity contribution in [1.82, 2.24) is 10.2 Å². The molecule has 1 heterocycles. The molecular formula is C10H13N3O. The minimum atomic E-state index is 0.669. The first kappa shape index (κ1) is 9.18. The maximum absolute atomic E-state index is 9.32. The summed E-state index contributed by atoms with van der Waals surface area (Å²) >= 11 is 0. The fourth-order valence-corrected chi connectivity index (χ4v) is 1.74. The van der Waals surface area contributed by atoms with Crippen molar-refractivity contribution in [1.29, 1.82) is 5.41 Å². The van der Waals surface area contributed by atoms with E-state index < -0.39 is 0 Å². The number of rotatable bonds is 2. The Morgan fingerprint density at radius 2 is 2.07 bits per heavy atom. The van der Waals surface area contributed by atoms with Gasteiger partial charge < -0.3 is 0 Å². The van der Waals surface area contributed by atoms with Crippen molar-refractivity contribution in [2.24, 2.45) is 0 Å². The van der Waals surface area contributed by atoms with Gasteiger partial charge in [-0.05, 0) is 17.5 Å². The molecule has 0 saturated carbocycles. The largest absolute Gasteiger partial charge is 0.288 e. The second kappa shape index (κ2) is 3.77.